The van der Waals surface area contributed by atoms with Gasteiger partial charge >= 0.3 is 7.12 Å². The van der Waals surface area contributed by atoms with E-state index >= 15 is 0 Å². The molecule has 1 aromatic heterocycles. The van der Waals surface area contributed by atoms with E-state index in [-0.39, 0.29) is 24.8 Å². The Labute approximate surface area is 158 Å². The van der Waals surface area contributed by atoms with Gasteiger partial charge in [-0.25, -0.2) is 0 Å². The van der Waals surface area contributed by atoms with Crippen molar-refractivity contribution in [3.05, 3.63) is 9.90 Å². The summed E-state index contributed by atoms with van der Waals surface area (Å²) in [5, 5.41) is 8.47. The molecular weight excluding hydrogens is 416 g/mol. The van der Waals surface area contributed by atoms with Gasteiger partial charge < -0.3 is 9.31 Å². The van der Waals surface area contributed by atoms with Crippen molar-refractivity contribution in [3.8, 4) is 0 Å². The molecule has 4 fully saturated rings. The van der Waals surface area contributed by atoms with Crippen LogP contribution in [-0.4, -0.2) is 33.8 Å². The zero-order valence-corrected chi connectivity index (χ0v) is 17.4. The van der Waals surface area contributed by atoms with Crippen LogP contribution in [0.4, 0.5) is 0 Å². The minimum absolute atomic E-state index is 0.0868. The summed E-state index contributed by atoms with van der Waals surface area (Å²) < 4.78 is 16.0. The molecule has 132 valence electrons. The number of halogens is 1. The van der Waals surface area contributed by atoms with Crippen LogP contribution < -0.4 is 0 Å². The summed E-state index contributed by atoms with van der Waals surface area (Å²) in [6.07, 6.45) is 5.60. The third-order valence-electron chi connectivity index (χ3n) is 6.82. The van der Waals surface area contributed by atoms with Crippen molar-refractivity contribution in [1.82, 2.24) is 15.0 Å². The number of aromatic nitrogens is 3. The molecule has 1 aliphatic heterocycles. The molecule has 3 unspecified atom stereocenters. The molecule has 1 aromatic rings. The van der Waals surface area contributed by atoms with Gasteiger partial charge in [0, 0.05) is 0 Å². The molecule has 0 N–H and O–H groups in total. The Morgan fingerprint density at radius 2 is 2.12 bits per heavy atom. The first-order chi connectivity index (χ1) is 11.2. The second kappa shape index (κ2) is 5.68. The topological polar surface area (TPSA) is 49.2 Å². The SMILES string of the molecule is CC(C)C[C@@H](B1OC2CC3CC(C3(C)C)[C@]2(C)O1)n1cc(I)nn1. The van der Waals surface area contributed by atoms with Crippen molar-refractivity contribution >= 4 is 29.7 Å². The molecule has 0 radical (unpaired) electrons. The first-order valence-electron chi connectivity index (χ1n) is 9.12. The Morgan fingerprint density at radius 1 is 1.38 bits per heavy atom. The predicted molar refractivity (Wildman–Crippen MR) is 101 cm³/mol. The van der Waals surface area contributed by atoms with Crippen LogP contribution in [0.3, 0.4) is 0 Å². The maximum atomic E-state index is 6.65. The van der Waals surface area contributed by atoms with Gasteiger partial charge in [-0.15, -0.1) is 5.10 Å². The molecule has 2 bridgehead atoms. The second-order valence-electron chi connectivity index (χ2n) is 9.06. The van der Waals surface area contributed by atoms with Gasteiger partial charge in [0.2, 0.25) is 0 Å². The Hall–Kier alpha value is -0.145. The zero-order valence-electron chi connectivity index (χ0n) is 15.2. The first-order valence-corrected chi connectivity index (χ1v) is 10.2. The van der Waals surface area contributed by atoms with Gasteiger partial charge in [0.05, 0.1) is 23.8 Å². The highest BCUT2D eigenvalue weighted by atomic mass is 127. The number of hydrogen-bond donors (Lipinski definition) is 0. The van der Waals surface area contributed by atoms with E-state index in [1.165, 1.54) is 6.42 Å². The molecule has 0 spiro atoms. The quantitative estimate of drug-likeness (QED) is 0.526. The Bertz CT molecular complexity index is 637. The molecule has 7 heteroatoms. The van der Waals surface area contributed by atoms with E-state index in [1.54, 1.807) is 0 Å². The summed E-state index contributed by atoms with van der Waals surface area (Å²) in [5.41, 5.74) is 0.214. The fourth-order valence-electron chi connectivity index (χ4n) is 5.31. The highest BCUT2D eigenvalue weighted by Crippen LogP contribution is 2.66. The van der Waals surface area contributed by atoms with Crippen molar-refractivity contribution in [2.75, 3.05) is 0 Å². The fourth-order valence-corrected chi connectivity index (χ4v) is 5.69. The lowest BCUT2D eigenvalue weighted by Crippen LogP contribution is -2.65. The minimum Gasteiger partial charge on any atom is -0.404 e. The number of nitrogens with zero attached hydrogens (tertiary/aromatic N) is 3. The van der Waals surface area contributed by atoms with Crippen LogP contribution in [-0.2, 0) is 9.31 Å². The van der Waals surface area contributed by atoms with Crippen LogP contribution in [0.15, 0.2) is 6.20 Å². The number of rotatable bonds is 4. The van der Waals surface area contributed by atoms with Gasteiger partial charge in [-0.2, -0.15) is 0 Å². The molecule has 5 rings (SSSR count). The summed E-state index contributed by atoms with van der Waals surface area (Å²) in [7, 11) is -0.227. The van der Waals surface area contributed by atoms with Gasteiger partial charge in [-0.05, 0) is 71.9 Å². The smallest absolute Gasteiger partial charge is 0.404 e. The summed E-state index contributed by atoms with van der Waals surface area (Å²) in [5.74, 6) is 2.00. The summed E-state index contributed by atoms with van der Waals surface area (Å²) in [4.78, 5) is 0. The van der Waals surface area contributed by atoms with Crippen LogP contribution in [0, 0.1) is 26.9 Å². The highest BCUT2D eigenvalue weighted by Gasteiger charge is 2.68. The van der Waals surface area contributed by atoms with Crippen molar-refractivity contribution in [2.45, 2.75) is 71.5 Å². The molecule has 24 heavy (non-hydrogen) atoms. The molecule has 1 saturated heterocycles. The van der Waals surface area contributed by atoms with Gasteiger partial charge in [0.25, 0.3) is 0 Å². The molecule has 0 amide bonds. The van der Waals surface area contributed by atoms with Crippen molar-refractivity contribution in [3.63, 3.8) is 0 Å². The lowest BCUT2D eigenvalue weighted by Gasteiger charge is -2.64. The second-order valence-corrected chi connectivity index (χ2v) is 10.2. The maximum Gasteiger partial charge on any atom is 0.484 e. The summed E-state index contributed by atoms with van der Waals surface area (Å²) in [6, 6.07) is 0. The van der Waals surface area contributed by atoms with Crippen molar-refractivity contribution < 1.29 is 9.31 Å². The Kier molecular flexibility index (Phi) is 4.09. The van der Waals surface area contributed by atoms with E-state index in [1.807, 2.05) is 10.9 Å². The van der Waals surface area contributed by atoms with Crippen LogP contribution >= 0.6 is 22.6 Å². The first kappa shape index (κ1) is 17.3. The standard InChI is InChI=1S/C17H27BIN3O2/c1-10(2)6-14(22-9-15(19)20-21-22)18-23-13-8-11-7-12(16(11,3)4)17(13,5)24-18/h9-14H,6-8H2,1-5H3/t11?,12?,13?,14-,17-/m0/s1. The largest absolute Gasteiger partial charge is 0.484 e. The molecule has 2 heterocycles. The molecule has 3 aliphatic carbocycles. The third-order valence-corrected chi connectivity index (χ3v) is 7.31. The van der Waals surface area contributed by atoms with Crippen LogP contribution in [0.5, 0.6) is 0 Å². The van der Waals surface area contributed by atoms with Crippen molar-refractivity contribution in [1.29, 1.82) is 0 Å². The minimum atomic E-state index is -0.227. The zero-order chi connectivity index (χ0) is 17.3. The fraction of sp³-hybridized carbons (Fsp3) is 0.882. The maximum absolute atomic E-state index is 6.65. The monoisotopic (exact) mass is 443 g/mol. The van der Waals surface area contributed by atoms with E-state index in [0.29, 0.717) is 17.3 Å². The molecule has 5 nitrogen and oxygen atoms in total. The Balaban J connectivity index is 1.60. The third kappa shape index (κ3) is 2.48. The molecule has 5 atom stereocenters. The number of hydrogen-bond acceptors (Lipinski definition) is 4. The Morgan fingerprint density at radius 3 is 2.71 bits per heavy atom. The lowest BCUT2D eigenvalue weighted by atomic mass is 9.43. The molecule has 4 aliphatic rings. The normalized spacial score (nSPS) is 38.1. The van der Waals surface area contributed by atoms with Crippen LogP contribution in [0.25, 0.3) is 0 Å². The van der Waals surface area contributed by atoms with E-state index in [0.717, 1.165) is 22.5 Å². The predicted octanol–water partition coefficient (Wildman–Crippen LogP) is 3.74. The van der Waals surface area contributed by atoms with Gasteiger partial charge in [0.1, 0.15) is 3.70 Å². The molecule has 0 aromatic carbocycles. The lowest BCUT2D eigenvalue weighted by molar-refractivity contribution is -0.199. The summed E-state index contributed by atoms with van der Waals surface area (Å²) in [6.45, 7) is 11.5. The van der Waals surface area contributed by atoms with E-state index in [4.69, 9.17) is 9.31 Å². The van der Waals surface area contributed by atoms with E-state index < -0.39 is 0 Å². The summed E-state index contributed by atoms with van der Waals surface area (Å²) >= 11 is 2.20. The van der Waals surface area contributed by atoms with Gasteiger partial charge in [-0.1, -0.05) is 32.9 Å². The average molecular weight is 443 g/mol. The van der Waals surface area contributed by atoms with Crippen LogP contribution in [0.1, 0.15) is 59.8 Å². The molecular formula is C17H27BIN3O2. The van der Waals surface area contributed by atoms with Crippen LogP contribution in [0.2, 0.25) is 0 Å². The van der Waals surface area contributed by atoms with Gasteiger partial charge in [-0.3, -0.25) is 4.68 Å². The highest BCUT2D eigenvalue weighted by molar-refractivity contribution is 14.1. The molecule has 3 saturated carbocycles. The average Bonchev–Trinajstić information content (AvgIpc) is 3.06. The van der Waals surface area contributed by atoms with Crippen molar-refractivity contribution in [2.24, 2.45) is 23.2 Å². The van der Waals surface area contributed by atoms with E-state index in [2.05, 4.69) is 67.5 Å². The van der Waals surface area contributed by atoms with E-state index in [9.17, 15) is 0 Å². The van der Waals surface area contributed by atoms with Gasteiger partial charge in [0.15, 0.2) is 0 Å².